The highest BCUT2D eigenvalue weighted by atomic mass is 16.5. The zero-order valence-electron chi connectivity index (χ0n) is 34.5. The van der Waals surface area contributed by atoms with Crippen molar-refractivity contribution in [2.75, 3.05) is 0 Å². The SMILES string of the molecule is c1ccc(-n2c3ccccc3c3cc(-c4ccc5c(c4)C4(c6cc(-c7ccc8c(c7)c7ccccc7n8-c7ccccc7)ccc6O5)c5cccnc5-c5ncccc54)ccc32)cc1. The van der Waals surface area contributed by atoms with E-state index in [9.17, 15) is 0 Å². The van der Waals surface area contributed by atoms with Gasteiger partial charge in [0.05, 0.1) is 38.9 Å². The van der Waals surface area contributed by atoms with Gasteiger partial charge in [-0.3, -0.25) is 9.97 Å². The van der Waals surface area contributed by atoms with Crippen LogP contribution in [-0.4, -0.2) is 19.1 Å². The van der Waals surface area contributed by atoms with Crippen molar-refractivity contribution in [2.24, 2.45) is 0 Å². The zero-order chi connectivity index (χ0) is 41.9. The van der Waals surface area contributed by atoms with Crippen LogP contribution in [0.4, 0.5) is 0 Å². The summed E-state index contributed by atoms with van der Waals surface area (Å²) in [4.78, 5) is 10.1. The predicted molar refractivity (Wildman–Crippen MR) is 259 cm³/mol. The van der Waals surface area contributed by atoms with Crippen molar-refractivity contribution in [1.29, 1.82) is 0 Å². The van der Waals surface area contributed by atoms with Gasteiger partial charge in [0, 0.05) is 56.4 Å². The smallest absolute Gasteiger partial charge is 0.132 e. The summed E-state index contributed by atoms with van der Waals surface area (Å²) in [6.07, 6.45) is 3.76. The highest BCUT2D eigenvalue weighted by Crippen LogP contribution is 2.62. The van der Waals surface area contributed by atoms with Crippen molar-refractivity contribution in [1.82, 2.24) is 19.1 Å². The summed E-state index contributed by atoms with van der Waals surface area (Å²) >= 11 is 0. The monoisotopic (exact) mass is 816 g/mol. The summed E-state index contributed by atoms with van der Waals surface area (Å²) in [7, 11) is 0. The molecule has 0 saturated heterocycles. The van der Waals surface area contributed by atoms with E-state index in [-0.39, 0.29) is 0 Å². The maximum atomic E-state index is 6.99. The molecule has 0 N–H and O–H groups in total. The first-order valence-corrected chi connectivity index (χ1v) is 21.8. The number of aromatic nitrogens is 4. The van der Waals surface area contributed by atoms with Crippen molar-refractivity contribution < 1.29 is 4.74 Å². The molecule has 2 aliphatic rings. The van der Waals surface area contributed by atoms with E-state index in [4.69, 9.17) is 14.7 Å². The number of pyridine rings is 2. The molecule has 5 nitrogen and oxygen atoms in total. The van der Waals surface area contributed by atoms with Crippen LogP contribution in [0.1, 0.15) is 22.3 Å². The van der Waals surface area contributed by atoms with Crippen molar-refractivity contribution in [3.8, 4) is 56.5 Å². The first-order valence-electron chi connectivity index (χ1n) is 21.8. The Hall–Kier alpha value is -8.54. The number of benzene rings is 8. The number of hydrogen-bond donors (Lipinski definition) is 0. The molecule has 1 aliphatic carbocycles. The molecule has 12 aromatic rings. The van der Waals surface area contributed by atoms with Crippen LogP contribution in [0.15, 0.2) is 219 Å². The average Bonchev–Trinajstić information content (AvgIpc) is 3.98. The third-order valence-electron chi connectivity index (χ3n) is 13.7. The Morgan fingerprint density at radius 3 is 1.22 bits per heavy atom. The van der Waals surface area contributed by atoms with Gasteiger partial charge in [-0.25, -0.2) is 0 Å². The Morgan fingerprint density at radius 2 is 0.734 bits per heavy atom. The van der Waals surface area contributed by atoms with Crippen LogP contribution in [-0.2, 0) is 5.41 Å². The van der Waals surface area contributed by atoms with Crippen LogP contribution < -0.4 is 4.74 Å². The maximum absolute atomic E-state index is 6.99. The Labute approximate surface area is 368 Å². The Bertz CT molecular complexity index is 3630. The topological polar surface area (TPSA) is 44.9 Å². The van der Waals surface area contributed by atoms with Crippen LogP contribution in [0.2, 0.25) is 0 Å². The van der Waals surface area contributed by atoms with E-state index >= 15 is 0 Å². The molecule has 1 spiro atoms. The molecule has 5 heteroatoms. The van der Waals surface area contributed by atoms with Gasteiger partial charge < -0.3 is 13.9 Å². The van der Waals surface area contributed by atoms with Crippen molar-refractivity contribution in [3.63, 3.8) is 0 Å². The summed E-state index contributed by atoms with van der Waals surface area (Å²) in [5, 5.41) is 4.87. The molecule has 5 heterocycles. The molecule has 298 valence electrons. The van der Waals surface area contributed by atoms with Gasteiger partial charge in [0.15, 0.2) is 0 Å². The van der Waals surface area contributed by atoms with E-state index in [1.807, 2.05) is 12.4 Å². The quantitative estimate of drug-likeness (QED) is 0.178. The second-order valence-corrected chi connectivity index (χ2v) is 16.9. The molecule has 4 aromatic heterocycles. The van der Waals surface area contributed by atoms with Crippen molar-refractivity contribution in [2.45, 2.75) is 5.41 Å². The van der Waals surface area contributed by atoms with Crippen molar-refractivity contribution in [3.05, 3.63) is 241 Å². The number of fused-ring (bicyclic) bond motifs is 15. The van der Waals surface area contributed by atoms with Crippen LogP contribution in [0.5, 0.6) is 11.5 Å². The minimum Gasteiger partial charge on any atom is -0.457 e. The van der Waals surface area contributed by atoms with E-state index in [0.29, 0.717) is 0 Å². The zero-order valence-corrected chi connectivity index (χ0v) is 34.5. The standard InChI is InChI=1S/C59H36N4O/c1-3-13-41(14-4-1)62-51-21-9-7-17-43(51)45-33-37(23-27-53(45)62)39-25-29-55-49(35-39)59(47-19-11-31-60-57(47)58-48(59)20-12-32-61-58)50-36-40(26-30-56(50)64-55)38-24-28-54-46(34-38)44-18-8-10-22-52(44)63(54)42-15-5-2-6-16-42/h1-36H. The first kappa shape index (κ1) is 35.1. The fraction of sp³-hybridized carbons (Fsp3) is 0.0169. The summed E-state index contributed by atoms with van der Waals surface area (Å²) < 4.78 is 11.7. The van der Waals surface area contributed by atoms with Gasteiger partial charge in [-0.15, -0.1) is 0 Å². The Morgan fingerprint density at radius 1 is 0.328 bits per heavy atom. The number of ether oxygens (including phenoxy) is 1. The lowest BCUT2D eigenvalue weighted by molar-refractivity contribution is 0.436. The molecule has 14 rings (SSSR count). The summed E-state index contributed by atoms with van der Waals surface area (Å²) in [6.45, 7) is 0. The molecule has 0 bridgehead atoms. The molecule has 1 aliphatic heterocycles. The highest BCUT2D eigenvalue weighted by Gasteiger charge is 2.52. The van der Waals surface area contributed by atoms with E-state index in [1.165, 1.54) is 43.6 Å². The first-order chi connectivity index (χ1) is 31.7. The molecule has 0 fully saturated rings. The maximum Gasteiger partial charge on any atom is 0.132 e. The summed E-state index contributed by atoms with van der Waals surface area (Å²) in [6, 6.07) is 74.4. The second-order valence-electron chi connectivity index (χ2n) is 16.9. The van der Waals surface area contributed by atoms with E-state index in [2.05, 4.69) is 215 Å². The molecule has 0 saturated carbocycles. The number of nitrogens with zero attached hydrogens (tertiary/aromatic N) is 4. The lowest BCUT2D eigenvalue weighted by Gasteiger charge is -2.39. The van der Waals surface area contributed by atoms with Crippen LogP contribution in [0, 0.1) is 0 Å². The Kier molecular flexibility index (Phi) is 7.26. The van der Waals surface area contributed by atoms with Gasteiger partial charge in [-0.2, -0.15) is 0 Å². The third-order valence-corrected chi connectivity index (χ3v) is 13.7. The van der Waals surface area contributed by atoms with E-state index < -0.39 is 5.41 Å². The van der Waals surface area contributed by atoms with Gasteiger partial charge in [0.2, 0.25) is 0 Å². The molecule has 64 heavy (non-hydrogen) atoms. The fourth-order valence-corrected chi connectivity index (χ4v) is 11.0. The van der Waals surface area contributed by atoms with Gasteiger partial charge in [-0.05, 0) is 130 Å². The molecular weight excluding hydrogens is 781 g/mol. The third kappa shape index (κ3) is 4.78. The van der Waals surface area contributed by atoms with Gasteiger partial charge >= 0.3 is 0 Å². The Balaban J connectivity index is 0.984. The highest BCUT2D eigenvalue weighted by molar-refractivity contribution is 6.11. The van der Waals surface area contributed by atoms with Crippen LogP contribution >= 0.6 is 0 Å². The van der Waals surface area contributed by atoms with Gasteiger partial charge in [0.1, 0.15) is 11.5 Å². The van der Waals surface area contributed by atoms with E-state index in [0.717, 1.165) is 78.8 Å². The minimum absolute atomic E-state index is 0.747. The lowest BCUT2D eigenvalue weighted by Crippen LogP contribution is -2.32. The van der Waals surface area contributed by atoms with Gasteiger partial charge in [-0.1, -0.05) is 109 Å². The largest absolute Gasteiger partial charge is 0.457 e. The van der Waals surface area contributed by atoms with Crippen molar-refractivity contribution >= 4 is 43.6 Å². The fourth-order valence-electron chi connectivity index (χ4n) is 11.0. The molecule has 0 unspecified atom stereocenters. The molecule has 0 amide bonds. The molecule has 0 atom stereocenters. The minimum atomic E-state index is -0.747. The average molecular weight is 817 g/mol. The lowest BCUT2D eigenvalue weighted by atomic mass is 9.65. The summed E-state index contributed by atoms with van der Waals surface area (Å²) in [5.41, 5.74) is 16.9. The van der Waals surface area contributed by atoms with Crippen LogP contribution in [0.25, 0.3) is 88.6 Å². The second kappa shape index (κ2) is 13.2. The molecule has 8 aromatic carbocycles. The number of hydrogen-bond acceptors (Lipinski definition) is 3. The molecule has 0 radical (unpaired) electrons. The van der Waals surface area contributed by atoms with E-state index in [1.54, 1.807) is 0 Å². The molecular formula is C59H36N4O. The normalized spacial score (nSPS) is 13.2. The predicted octanol–water partition coefficient (Wildman–Crippen LogP) is 14.5. The number of rotatable bonds is 4. The van der Waals surface area contributed by atoms with Gasteiger partial charge in [0.25, 0.3) is 0 Å². The van der Waals surface area contributed by atoms with Crippen LogP contribution in [0.3, 0.4) is 0 Å². The summed E-state index contributed by atoms with van der Waals surface area (Å²) in [5.74, 6) is 1.65. The number of para-hydroxylation sites is 4.